The minimum atomic E-state index is -0.183. The Balaban J connectivity index is 1.70. The van der Waals surface area contributed by atoms with Crippen molar-refractivity contribution in [3.05, 3.63) is 90.5 Å². The molecule has 130 valence electrons. The number of anilines is 3. The number of nitrogens with one attached hydrogen (secondary N) is 2. The highest BCUT2D eigenvalue weighted by Gasteiger charge is 2.05. The summed E-state index contributed by atoms with van der Waals surface area (Å²) in [5.41, 5.74) is 3.42. The van der Waals surface area contributed by atoms with Crippen LogP contribution in [0.3, 0.4) is 0 Å². The monoisotopic (exact) mass is 344 g/mol. The predicted octanol–water partition coefficient (Wildman–Crippen LogP) is 5.09. The molecule has 0 atom stereocenters. The fourth-order valence-electron chi connectivity index (χ4n) is 2.44. The zero-order valence-electron chi connectivity index (χ0n) is 14.5. The highest BCUT2D eigenvalue weighted by Crippen LogP contribution is 2.26. The number of hydrogen-bond donors (Lipinski definition) is 2. The Kier molecular flexibility index (Phi) is 5.68. The Hall–Kier alpha value is -3.53. The Morgan fingerprint density at radius 2 is 1.50 bits per heavy atom. The number of methoxy groups -OCH3 is 1. The fourth-order valence-corrected chi connectivity index (χ4v) is 2.44. The lowest BCUT2D eigenvalue weighted by molar-refractivity contribution is -0.111. The first kappa shape index (κ1) is 17.3. The van der Waals surface area contributed by atoms with E-state index in [0.717, 1.165) is 22.7 Å². The molecule has 0 aliphatic rings. The average molecular weight is 344 g/mol. The molecule has 0 heterocycles. The Morgan fingerprint density at radius 1 is 0.846 bits per heavy atom. The van der Waals surface area contributed by atoms with Gasteiger partial charge in [-0.15, -0.1) is 0 Å². The molecule has 26 heavy (non-hydrogen) atoms. The number of carbonyl (C=O) groups is 1. The molecule has 0 aliphatic carbocycles. The Morgan fingerprint density at radius 3 is 2.19 bits per heavy atom. The van der Waals surface area contributed by atoms with E-state index < -0.39 is 0 Å². The fraction of sp³-hybridized carbons (Fsp3) is 0.0455. The van der Waals surface area contributed by atoms with Gasteiger partial charge < -0.3 is 15.4 Å². The van der Waals surface area contributed by atoms with Gasteiger partial charge in [0, 0.05) is 11.8 Å². The number of amides is 1. The van der Waals surface area contributed by atoms with E-state index in [9.17, 15) is 4.79 Å². The zero-order chi connectivity index (χ0) is 18.2. The van der Waals surface area contributed by atoms with E-state index >= 15 is 0 Å². The third-order valence-corrected chi connectivity index (χ3v) is 3.78. The molecule has 4 heteroatoms. The minimum Gasteiger partial charge on any atom is -0.497 e. The van der Waals surface area contributed by atoms with Crippen LogP contribution in [0.25, 0.3) is 6.08 Å². The van der Waals surface area contributed by atoms with Gasteiger partial charge in [0.05, 0.1) is 18.5 Å². The van der Waals surface area contributed by atoms with Gasteiger partial charge in [-0.3, -0.25) is 4.79 Å². The van der Waals surface area contributed by atoms with Crippen LogP contribution in [0.4, 0.5) is 17.1 Å². The third-order valence-electron chi connectivity index (χ3n) is 3.78. The van der Waals surface area contributed by atoms with Crippen LogP contribution in [-0.2, 0) is 4.79 Å². The van der Waals surface area contributed by atoms with Crippen LogP contribution in [0.1, 0.15) is 5.56 Å². The molecule has 0 fully saturated rings. The molecular formula is C22H20N2O2. The van der Waals surface area contributed by atoms with Gasteiger partial charge in [0.15, 0.2) is 0 Å². The Labute approximate surface area is 153 Å². The summed E-state index contributed by atoms with van der Waals surface area (Å²) < 4.78 is 5.17. The van der Waals surface area contributed by atoms with E-state index in [4.69, 9.17) is 4.74 Å². The molecule has 0 saturated carbocycles. The molecule has 3 aromatic carbocycles. The van der Waals surface area contributed by atoms with Gasteiger partial charge in [-0.05, 0) is 48.0 Å². The first-order valence-electron chi connectivity index (χ1n) is 8.29. The van der Waals surface area contributed by atoms with Crippen molar-refractivity contribution < 1.29 is 9.53 Å². The summed E-state index contributed by atoms with van der Waals surface area (Å²) in [5.74, 6) is 0.612. The summed E-state index contributed by atoms with van der Waals surface area (Å²) in [6.07, 6.45) is 3.31. The normalized spacial score (nSPS) is 10.5. The van der Waals surface area contributed by atoms with Crippen molar-refractivity contribution in [3.63, 3.8) is 0 Å². The lowest BCUT2D eigenvalue weighted by Gasteiger charge is -2.12. The van der Waals surface area contributed by atoms with E-state index in [-0.39, 0.29) is 5.91 Å². The van der Waals surface area contributed by atoms with Crippen molar-refractivity contribution in [1.29, 1.82) is 0 Å². The van der Waals surface area contributed by atoms with E-state index in [2.05, 4.69) is 10.6 Å². The van der Waals surface area contributed by atoms with Crippen molar-refractivity contribution in [3.8, 4) is 5.75 Å². The summed E-state index contributed by atoms with van der Waals surface area (Å²) in [5, 5.41) is 6.22. The molecule has 3 rings (SSSR count). The van der Waals surface area contributed by atoms with Gasteiger partial charge in [0.1, 0.15) is 5.75 Å². The van der Waals surface area contributed by atoms with Crippen molar-refractivity contribution in [2.45, 2.75) is 0 Å². The molecule has 0 aliphatic heterocycles. The largest absolute Gasteiger partial charge is 0.497 e. The summed E-state index contributed by atoms with van der Waals surface area (Å²) in [6, 6.07) is 24.9. The molecule has 0 saturated heterocycles. The number of benzene rings is 3. The van der Waals surface area contributed by atoms with Crippen LogP contribution in [0, 0.1) is 0 Å². The predicted molar refractivity (Wildman–Crippen MR) is 107 cm³/mol. The van der Waals surface area contributed by atoms with Gasteiger partial charge in [0.2, 0.25) is 5.91 Å². The van der Waals surface area contributed by atoms with Crippen LogP contribution in [-0.4, -0.2) is 13.0 Å². The first-order valence-corrected chi connectivity index (χ1v) is 8.29. The second-order valence-corrected chi connectivity index (χ2v) is 5.63. The van der Waals surface area contributed by atoms with Crippen LogP contribution in [0.15, 0.2) is 84.9 Å². The topological polar surface area (TPSA) is 50.4 Å². The van der Waals surface area contributed by atoms with E-state index in [1.54, 1.807) is 13.2 Å². The lowest BCUT2D eigenvalue weighted by Crippen LogP contribution is -2.09. The average Bonchev–Trinajstić information content (AvgIpc) is 2.69. The highest BCUT2D eigenvalue weighted by molar-refractivity contribution is 6.04. The number of para-hydroxylation sites is 2. The van der Waals surface area contributed by atoms with Crippen LogP contribution in [0.5, 0.6) is 5.75 Å². The van der Waals surface area contributed by atoms with Gasteiger partial charge >= 0.3 is 0 Å². The zero-order valence-corrected chi connectivity index (χ0v) is 14.5. The van der Waals surface area contributed by atoms with Crippen LogP contribution < -0.4 is 15.4 Å². The molecule has 2 N–H and O–H groups in total. The van der Waals surface area contributed by atoms with E-state index in [0.29, 0.717) is 5.69 Å². The maximum absolute atomic E-state index is 12.2. The van der Waals surface area contributed by atoms with Crippen molar-refractivity contribution in [2.24, 2.45) is 0 Å². The third kappa shape index (κ3) is 4.74. The van der Waals surface area contributed by atoms with Crippen LogP contribution in [0.2, 0.25) is 0 Å². The second-order valence-electron chi connectivity index (χ2n) is 5.63. The van der Waals surface area contributed by atoms with Gasteiger partial charge in [-0.1, -0.05) is 42.5 Å². The van der Waals surface area contributed by atoms with Crippen molar-refractivity contribution >= 4 is 29.0 Å². The number of hydrogen-bond acceptors (Lipinski definition) is 3. The molecular weight excluding hydrogens is 324 g/mol. The number of carbonyl (C=O) groups excluding carboxylic acids is 1. The molecule has 0 bridgehead atoms. The van der Waals surface area contributed by atoms with Crippen molar-refractivity contribution in [1.82, 2.24) is 0 Å². The molecule has 0 aromatic heterocycles. The number of ether oxygens (including phenoxy) is 1. The molecule has 0 radical (unpaired) electrons. The summed E-state index contributed by atoms with van der Waals surface area (Å²) in [4.78, 5) is 12.2. The summed E-state index contributed by atoms with van der Waals surface area (Å²) in [6.45, 7) is 0. The minimum absolute atomic E-state index is 0.183. The molecule has 1 amide bonds. The van der Waals surface area contributed by atoms with Gasteiger partial charge in [-0.2, -0.15) is 0 Å². The van der Waals surface area contributed by atoms with E-state index in [1.165, 1.54) is 6.08 Å². The standard InChI is InChI=1S/C22H20N2O2/c1-26-19-14-12-18(13-15-19)23-20-9-5-6-10-21(20)24-22(25)16-11-17-7-3-2-4-8-17/h2-16,23H,1H3,(H,24,25). The molecule has 3 aromatic rings. The Bertz CT molecular complexity index is 888. The quantitative estimate of drug-likeness (QED) is 0.612. The smallest absolute Gasteiger partial charge is 0.248 e. The number of rotatable bonds is 6. The highest BCUT2D eigenvalue weighted by atomic mass is 16.5. The molecule has 4 nitrogen and oxygen atoms in total. The second kappa shape index (κ2) is 8.53. The summed E-state index contributed by atoms with van der Waals surface area (Å²) in [7, 11) is 1.64. The van der Waals surface area contributed by atoms with Crippen LogP contribution >= 0.6 is 0 Å². The maximum atomic E-state index is 12.2. The summed E-state index contributed by atoms with van der Waals surface area (Å²) >= 11 is 0. The van der Waals surface area contributed by atoms with Gasteiger partial charge in [0.25, 0.3) is 0 Å². The maximum Gasteiger partial charge on any atom is 0.248 e. The van der Waals surface area contributed by atoms with E-state index in [1.807, 2.05) is 78.9 Å². The first-order chi connectivity index (χ1) is 12.7. The van der Waals surface area contributed by atoms with Crippen molar-refractivity contribution in [2.75, 3.05) is 17.7 Å². The molecule has 0 spiro atoms. The SMILES string of the molecule is COc1ccc(Nc2ccccc2NC(=O)C=Cc2ccccc2)cc1. The van der Waals surface area contributed by atoms with Gasteiger partial charge in [-0.25, -0.2) is 0 Å². The molecule has 0 unspecified atom stereocenters. The lowest BCUT2D eigenvalue weighted by atomic mass is 10.2.